The predicted molar refractivity (Wildman–Crippen MR) is 96.3 cm³/mol. The van der Waals surface area contributed by atoms with Crippen LogP contribution < -0.4 is 10.1 Å². The Hall–Kier alpha value is -2.14. The molecule has 3 rings (SSSR count). The summed E-state index contributed by atoms with van der Waals surface area (Å²) in [4.78, 5) is 9.38. The van der Waals surface area contributed by atoms with Crippen LogP contribution in [0.3, 0.4) is 0 Å². The lowest BCUT2D eigenvalue weighted by Gasteiger charge is -2.09. The zero-order chi connectivity index (χ0) is 16.1. The number of hydrogen-bond acceptors (Lipinski definition) is 5. The lowest BCUT2D eigenvalue weighted by Crippen LogP contribution is -2.05. The van der Waals surface area contributed by atoms with Crippen LogP contribution in [0.4, 0.5) is 5.82 Å². The number of thiophene rings is 1. The van der Waals surface area contributed by atoms with Crippen molar-refractivity contribution < 1.29 is 4.74 Å². The van der Waals surface area contributed by atoms with E-state index in [4.69, 9.17) is 9.72 Å². The van der Waals surface area contributed by atoms with Crippen molar-refractivity contribution in [2.45, 2.75) is 32.7 Å². The first-order valence-electron chi connectivity index (χ1n) is 7.91. The minimum atomic E-state index is 0.737. The minimum Gasteiger partial charge on any atom is -0.497 e. The highest BCUT2D eigenvalue weighted by Gasteiger charge is 2.09. The SMILES string of the molecule is CCCCc1nc(NCc2ccc(OC)cc2)c2sccc2n1. The summed E-state index contributed by atoms with van der Waals surface area (Å²) in [7, 11) is 1.68. The van der Waals surface area contributed by atoms with E-state index in [-0.39, 0.29) is 0 Å². The van der Waals surface area contributed by atoms with Crippen molar-refractivity contribution in [1.29, 1.82) is 0 Å². The van der Waals surface area contributed by atoms with Gasteiger partial charge in [-0.25, -0.2) is 9.97 Å². The Labute approximate surface area is 140 Å². The van der Waals surface area contributed by atoms with Crippen LogP contribution in [0.1, 0.15) is 31.2 Å². The number of benzene rings is 1. The Bertz CT molecular complexity index is 768. The summed E-state index contributed by atoms with van der Waals surface area (Å²) in [5.74, 6) is 2.74. The molecule has 0 spiro atoms. The van der Waals surface area contributed by atoms with Gasteiger partial charge in [0, 0.05) is 13.0 Å². The van der Waals surface area contributed by atoms with Crippen LogP contribution in [-0.2, 0) is 13.0 Å². The first-order chi connectivity index (χ1) is 11.3. The Morgan fingerprint density at radius 2 is 1.96 bits per heavy atom. The van der Waals surface area contributed by atoms with Gasteiger partial charge in [0.2, 0.25) is 0 Å². The van der Waals surface area contributed by atoms with E-state index in [2.05, 4.69) is 40.8 Å². The molecule has 120 valence electrons. The minimum absolute atomic E-state index is 0.737. The predicted octanol–water partition coefficient (Wildman–Crippen LogP) is 4.65. The van der Waals surface area contributed by atoms with Gasteiger partial charge in [-0.2, -0.15) is 0 Å². The molecule has 0 fully saturated rings. The van der Waals surface area contributed by atoms with Gasteiger partial charge in [0.1, 0.15) is 17.4 Å². The van der Waals surface area contributed by atoms with Crippen molar-refractivity contribution in [3.63, 3.8) is 0 Å². The summed E-state index contributed by atoms with van der Waals surface area (Å²) >= 11 is 1.68. The van der Waals surface area contributed by atoms with Gasteiger partial charge in [0.25, 0.3) is 0 Å². The lowest BCUT2D eigenvalue weighted by atomic mass is 10.2. The average molecular weight is 327 g/mol. The number of nitrogens with one attached hydrogen (secondary N) is 1. The van der Waals surface area contributed by atoms with Crippen molar-refractivity contribution in [3.8, 4) is 5.75 Å². The Morgan fingerprint density at radius 1 is 1.13 bits per heavy atom. The Morgan fingerprint density at radius 3 is 2.70 bits per heavy atom. The van der Waals surface area contributed by atoms with E-state index in [1.807, 2.05) is 12.1 Å². The molecule has 0 aliphatic heterocycles. The highest BCUT2D eigenvalue weighted by Crippen LogP contribution is 2.27. The number of rotatable bonds is 7. The number of fused-ring (bicyclic) bond motifs is 1. The molecular weight excluding hydrogens is 306 g/mol. The van der Waals surface area contributed by atoms with E-state index < -0.39 is 0 Å². The summed E-state index contributed by atoms with van der Waals surface area (Å²) < 4.78 is 6.32. The molecule has 1 N–H and O–H groups in total. The molecular formula is C18H21N3OS. The number of aryl methyl sites for hydroxylation is 1. The number of hydrogen-bond donors (Lipinski definition) is 1. The smallest absolute Gasteiger partial charge is 0.148 e. The summed E-state index contributed by atoms with van der Waals surface area (Å²) in [5, 5.41) is 5.53. The number of ether oxygens (including phenoxy) is 1. The first kappa shape index (κ1) is 15.7. The normalized spacial score (nSPS) is 10.9. The van der Waals surface area contributed by atoms with Crippen LogP contribution in [0, 0.1) is 0 Å². The van der Waals surface area contributed by atoms with E-state index >= 15 is 0 Å². The summed E-state index contributed by atoms with van der Waals surface area (Å²) in [6, 6.07) is 10.2. The molecule has 1 aromatic carbocycles. The van der Waals surface area contributed by atoms with Crippen LogP contribution in [0.15, 0.2) is 35.7 Å². The van der Waals surface area contributed by atoms with Crippen LogP contribution in [0.2, 0.25) is 0 Å². The molecule has 0 radical (unpaired) electrons. The van der Waals surface area contributed by atoms with Crippen LogP contribution >= 0.6 is 11.3 Å². The van der Waals surface area contributed by atoms with E-state index in [0.717, 1.165) is 53.4 Å². The summed E-state index contributed by atoms with van der Waals surface area (Å²) in [5.41, 5.74) is 2.23. The quantitative estimate of drug-likeness (QED) is 0.686. The van der Waals surface area contributed by atoms with Gasteiger partial charge >= 0.3 is 0 Å². The van der Waals surface area contributed by atoms with Crippen molar-refractivity contribution in [1.82, 2.24) is 9.97 Å². The van der Waals surface area contributed by atoms with Gasteiger partial charge < -0.3 is 10.1 Å². The third-order valence-electron chi connectivity index (χ3n) is 3.72. The van der Waals surface area contributed by atoms with E-state index in [1.165, 1.54) is 5.56 Å². The standard InChI is InChI=1S/C18H21N3OS/c1-3-4-5-16-20-15-10-11-23-17(15)18(21-16)19-12-13-6-8-14(22-2)9-7-13/h6-11H,3-5,12H2,1-2H3,(H,19,20,21). The molecule has 2 aromatic heterocycles. The fraction of sp³-hybridized carbons (Fsp3) is 0.333. The number of aromatic nitrogens is 2. The van der Waals surface area contributed by atoms with E-state index in [0.29, 0.717) is 0 Å². The number of unbranched alkanes of at least 4 members (excludes halogenated alkanes) is 1. The van der Waals surface area contributed by atoms with Crippen molar-refractivity contribution in [2.24, 2.45) is 0 Å². The molecule has 0 aliphatic rings. The van der Waals surface area contributed by atoms with Gasteiger partial charge in [-0.1, -0.05) is 25.5 Å². The molecule has 5 heteroatoms. The third kappa shape index (κ3) is 3.79. The van der Waals surface area contributed by atoms with Crippen molar-refractivity contribution in [3.05, 3.63) is 47.1 Å². The lowest BCUT2D eigenvalue weighted by molar-refractivity contribution is 0.414. The maximum Gasteiger partial charge on any atom is 0.148 e. The summed E-state index contributed by atoms with van der Waals surface area (Å²) in [6.45, 7) is 2.92. The Balaban J connectivity index is 1.78. The molecule has 0 saturated heterocycles. The van der Waals surface area contributed by atoms with Gasteiger partial charge in [0.05, 0.1) is 17.3 Å². The second-order valence-electron chi connectivity index (χ2n) is 5.43. The van der Waals surface area contributed by atoms with E-state index in [9.17, 15) is 0 Å². The molecule has 3 aromatic rings. The summed E-state index contributed by atoms with van der Waals surface area (Å²) in [6.07, 6.45) is 3.20. The average Bonchev–Trinajstić information content (AvgIpc) is 3.07. The second-order valence-corrected chi connectivity index (χ2v) is 6.34. The number of anilines is 1. The van der Waals surface area contributed by atoms with Crippen LogP contribution in [-0.4, -0.2) is 17.1 Å². The zero-order valence-electron chi connectivity index (χ0n) is 13.5. The second kappa shape index (κ2) is 7.42. The maximum atomic E-state index is 5.19. The van der Waals surface area contributed by atoms with Gasteiger partial charge in [0.15, 0.2) is 0 Å². The highest BCUT2D eigenvalue weighted by molar-refractivity contribution is 7.17. The largest absolute Gasteiger partial charge is 0.497 e. The van der Waals surface area contributed by atoms with Crippen molar-refractivity contribution >= 4 is 27.4 Å². The molecule has 0 unspecified atom stereocenters. The third-order valence-corrected chi connectivity index (χ3v) is 4.63. The molecule has 2 heterocycles. The molecule has 0 atom stereocenters. The Kier molecular flexibility index (Phi) is 5.08. The molecule has 0 bridgehead atoms. The highest BCUT2D eigenvalue weighted by atomic mass is 32.1. The van der Waals surface area contributed by atoms with Gasteiger partial charge in [-0.05, 0) is 35.6 Å². The number of nitrogens with zero attached hydrogens (tertiary/aromatic N) is 2. The number of methoxy groups -OCH3 is 1. The molecule has 0 saturated carbocycles. The monoisotopic (exact) mass is 327 g/mol. The fourth-order valence-electron chi connectivity index (χ4n) is 2.41. The molecule has 23 heavy (non-hydrogen) atoms. The molecule has 0 aliphatic carbocycles. The maximum absolute atomic E-state index is 5.19. The van der Waals surface area contributed by atoms with Gasteiger partial charge in [-0.15, -0.1) is 11.3 Å². The molecule has 4 nitrogen and oxygen atoms in total. The first-order valence-corrected chi connectivity index (χ1v) is 8.79. The zero-order valence-corrected chi connectivity index (χ0v) is 14.3. The molecule has 0 amide bonds. The van der Waals surface area contributed by atoms with Crippen LogP contribution in [0.5, 0.6) is 5.75 Å². The van der Waals surface area contributed by atoms with Gasteiger partial charge in [-0.3, -0.25) is 0 Å². The van der Waals surface area contributed by atoms with Crippen LogP contribution in [0.25, 0.3) is 10.2 Å². The fourth-order valence-corrected chi connectivity index (χ4v) is 3.20. The topological polar surface area (TPSA) is 47.0 Å². The van der Waals surface area contributed by atoms with E-state index in [1.54, 1.807) is 18.4 Å². The van der Waals surface area contributed by atoms with Crippen molar-refractivity contribution in [2.75, 3.05) is 12.4 Å².